The molecule has 0 aliphatic heterocycles. The van der Waals surface area contributed by atoms with E-state index in [0.717, 1.165) is 32.4 Å². The topological polar surface area (TPSA) is 69.0 Å². The number of benzene rings is 3. The van der Waals surface area contributed by atoms with E-state index >= 15 is 0 Å². The monoisotopic (exact) mass is 536 g/mol. The van der Waals surface area contributed by atoms with Gasteiger partial charge in [0.05, 0.1) is 5.75 Å². The van der Waals surface area contributed by atoms with Gasteiger partial charge in [0, 0.05) is 16.7 Å². The second-order valence-electron chi connectivity index (χ2n) is 7.80. The molecule has 0 atom stereocenters. The molecule has 6 nitrogen and oxygen atoms in total. The van der Waals surface area contributed by atoms with Crippen LogP contribution >= 0.6 is 27.7 Å². The number of aromatic nitrogens is 3. The van der Waals surface area contributed by atoms with Crippen LogP contribution in [0.15, 0.2) is 76.9 Å². The minimum Gasteiger partial charge on any atom is -0.485 e. The van der Waals surface area contributed by atoms with Crippen LogP contribution in [0.25, 0.3) is 10.8 Å². The van der Waals surface area contributed by atoms with Crippen molar-refractivity contribution in [2.45, 2.75) is 32.2 Å². The number of ether oxygens (including phenoxy) is 1. The smallest absolute Gasteiger partial charge is 0.234 e. The van der Waals surface area contributed by atoms with Crippen LogP contribution in [0.5, 0.6) is 5.75 Å². The Balaban J connectivity index is 1.42. The summed E-state index contributed by atoms with van der Waals surface area (Å²) in [6.07, 6.45) is 1.78. The van der Waals surface area contributed by atoms with Gasteiger partial charge in [-0.05, 0) is 60.0 Å². The fourth-order valence-corrected chi connectivity index (χ4v) is 4.61. The summed E-state index contributed by atoms with van der Waals surface area (Å²) in [7, 11) is 0. The van der Waals surface area contributed by atoms with Gasteiger partial charge in [-0.1, -0.05) is 64.1 Å². The summed E-state index contributed by atoms with van der Waals surface area (Å²) in [5.74, 6) is 1.60. The number of carbonyl (C=O) groups excluding carboxylic acids is 1. The molecule has 0 unspecified atom stereocenters. The lowest BCUT2D eigenvalue weighted by Gasteiger charge is -2.12. The van der Waals surface area contributed by atoms with Crippen molar-refractivity contribution in [1.82, 2.24) is 14.8 Å². The first-order valence-electron chi connectivity index (χ1n) is 10.8. The maximum atomic E-state index is 12.5. The first kappa shape index (κ1) is 24.0. The number of thioether (sulfide) groups is 1. The summed E-state index contributed by atoms with van der Waals surface area (Å²) >= 11 is 4.80. The summed E-state index contributed by atoms with van der Waals surface area (Å²) in [6, 6.07) is 18.0. The van der Waals surface area contributed by atoms with Crippen molar-refractivity contribution in [1.29, 1.82) is 0 Å². The van der Waals surface area contributed by atoms with Crippen molar-refractivity contribution in [2.24, 2.45) is 0 Å². The van der Waals surface area contributed by atoms with Crippen molar-refractivity contribution in [3.05, 3.63) is 88.7 Å². The molecule has 0 radical (unpaired) electrons. The molecule has 1 aromatic heterocycles. The summed E-state index contributed by atoms with van der Waals surface area (Å²) in [5, 5.41) is 14.5. The zero-order chi connectivity index (χ0) is 24.1. The maximum absolute atomic E-state index is 12.5. The number of anilines is 1. The minimum atomic E-state index is -0.107. The van der Waals surface area contributed by atoms with Crippen molar-refractivity contribution in [3.8, 4) is 5.75 Å². The largest absolute Gasteiger partial charge is 0.485 e. The normalized spacial score (nSPS) is 10.9. The average Bonchev–Trinajstić information content (AvgIpc) is 3.21. The van der Waals surface area contributed by atoms with Crippen molar-refractivity contribution in [3.63, 3.8) is 0 Å². The maximum Gasteiger partial charge on any atom is 0.234 e. The number of allylic oxidation sites excluding steroid dienone is 1. The van der Waals surface area contributed by atoms with Gasteiger partial charge in [-0.25, -0.2) is 0 Å². The van der Waals surface area contributed by atoms with Gasteiger partial charge in [-0.3, -0.25) is 9.36 Å². The number of carbonyl (C=O) groups is 1. The number of hydrogen-bond donors (Lipinski definition) is 1. The fourth-order valence-electron chi connectivity index (χ4n) is 3.60. The lowest BCUT2D eigenvalue weighted by molar-refractivity contribution is -0.113. The Kier molecular flexibility index (Phi) is 7.70. The van der Waals surface area contributed by atoms with Crippen LogP contribution in [0.2, 0.25) is 0 Å². The fraction of sp³-hybridized carbons (Fsp3) is 0.192. The molecule has 8 heteroatoms. The minimum absolute atomic E-state index is 0.107. The van der Waals surface area contributed by atoms with Gasteiger partial charge in [-0.2, -0.15) is 0 Å². The van der Waals surface area contributed by atoms with Crippen LogP contribution in [0, 0.1) is 13.8 Å². The number of aryl methyl sites for hydroxylation is 2. The average molecular weight is 537 g/mol. The number of nitrogens with one attached hydrogen (secondary N) is 1. The van der Waals surface area contributed by atoms with Gasteiger partial charge in [0.25, 0.3) is 0 Å². The Labute approximate surface area is 211 Å². The van der Waals surface area contributed by atoms with E-state index in [1.165, 1.54) is 17.1 Å². The van der Waals surface area contributed by atoms with Crippen molar-refractivity contribution < 1.29 is 9.53 Å². The lowest BCUT2D eigenvalue weighted by Crippen LogP contribution is -2.15. The molecule has 1 N–H and O–H groups in total. The Bertz CT molecular complexity index is 1350. The first-order chi connectivity index (χ1) is 16.5. The summed E-state index contributed by atoms with van der Waals surface area (Å²) < 4.78 is 9.03. The van der Waals surface area contributed by atoms with E-state index in [4.69, 9.17) is 4.74 Å². The molecule has 1 heterocycles. The highest BCUT2D eigenvalue weighted by Crippen LogP contribution is 2.28. The zero-order valence-corrected chi connectivity index (χ0v) is 21.4. The Hall–Kier alpha value is -3.10. The van der Waals surface area contributed by atoms with E-state index in [0.29, 0.717) is 17.5 Å². The molecule has 0 aliphatic rings. The lowest BCUT2D eigenvalue weighted by atomic mass is 10.0. The summed E-state index contributed by atoms with van der Waals surface area (Å²) in [5.41, 5.74) is 2.91. The molecular weight excluding hydrogens is 512 g/mol. The molecule has 34 heavy (non-hydrogen) atoms. The molecule has 0 saturated heterocycles. The predicted octanol–water partition coefficient (Wildman–Crippen LogP) is 6.31. The molecular formula is C26H25BrN4O2S. The molecule has 0 spiro atoms. The van der Waals surface area contributed by atoms with Gasteiger partial charge in [0.1, 0.15) is 12.4 Å². The van der Waals surface area contributed by atoms with Gasteiger partial charge in [-0.15, -0.1) is 16.8 Å². The van der Waals surface area contributed by atoms with Crippen LogP contribution in [0.3, 0.4) is 0 Å². The standard InChI is InChI=1S/C26H25BrN4O2S/c1-4-13-31-24(15-33-23-12-9-19-7-5-6-8-21(19)18(23)3)29-30-26(31)34-16-25(32)28-20-10-11-22(27)17(2)14-20/h4-12,14H,1,13,15-16H2,2-3H3,(H,28,32). The van der Waals surface area contributed by atoms with Crippen molar-refractivity contribution in [2.75, 3.05) is 11.1 Å². The third-order valence-electron chi connectivity index (χ3n) is 5.38. The van der Waals surface area contributed by atoms with Gasteiger partial charge < -0.3 is 10.1 Å². The number of hydrogen-bond acceptors (Lipinski definition) is 5. The zero-order valence-electron chi connectivity index (χ0n) is 19.0. The molecule has 3 aromatic carbocycles. The Morgan fingerprint density at radius 1 is 1.18 bits per heavy atom. The Morgan fingerprint density at radius 2 is 2.00 bits per heavy atom. The van der Waals surface area contributed by atoms with Crippen LogP contribution < -0.4 is 10.1 Å². The molecule has 0 aliphatic carbocycles. The molecule has 4 rings (SSSR count). The van der Waals surface area contributed by atoms with Gasteiger partial charge in [0.15, 0.2) is 11.0 Å². The summed E-state index contributed by atoms with van der Waals surface area (Å²) in [6.45, 7) is 8.67. The third kappa shape index (κ3) is 5.51. The molecule has 0 fully saturated rings. The van der Waals surface area contributed by atoms with Gasteiger partial charge >= 0.3 is 0 Å². The van der Waals surface area contributed by atoms with Crippen LogP contribution in [-0.2, 0) is 17.9 Å². The van der Waals surface area contributed by atoms with E-state index in [1.807, 2.05) is 47.9 Å². The van der Waals surface area contributed by atoms with Crippen molar-refractivity contribution >= 4 is 50.1 Å². The van der Waals surface area contributed by atoms with Crippen LogP contribution in [-0.4, -0.2) is 26.4 Å². The highest BCUT2D eigenvalue weighted by atomic mass is 79.9. The molecule has 0 bridgehead atoms. The van der Waals surface area contributed by atoms with Crippen LogP contribution in [0.1, 0.15) is 17.0 Å². The highest BCUT2D eigenvalue weighted by molar-refractivity contribution is 9.10. The second kappa shape index (κ2) is 10.9. The van der Waals surface area contributed by atoms with E-state index in [9.17, 15) is 4.79 Å². The number of rotatable bonds is 9. The Morgan fingerprint density at radius 3 is 2.79 bits per heavy atom. The van der Waals surface area contributed by atoms with E-state index in [1.54, 1.807) is 6.08 Å². The molecule has 0 saturated carbocycles. The van der Waals surface area contributed by atoms with Gasteiger partial charge in [0.2, 0.25) is 5.91 Å². The predicted molar refractivity (Wildman–Crippen MR) is 141 cm³/mol. The third-order valence-corrected chi connectivity index (χ3v) is 7.24. The quantitative estimate of drug-likeness (QED) is 0.200. The SMILES string of the molecule is C=CCn1c(COc2ccc3ccccc3c2C)nnc1SCC(=O)Nc1ccc(Br)c(C)c1. The molecule has 1 amide bonds. The van der Waals surface area contributed by atoms with Crippen LogP contribution in [0.4, 0.5) is 5.69 Å². The van der Waals surface area contributed by atoms with E-state index in [2.05, 4.69) is 63.1 Å². The second-order valence-corrected chi connectivity index (χ2v) is 9.59. The number of nitrogens with zero attached hydrogens (tertiary/aromatic N) is 3. The number of halogens is 1. The highest BCUT2D eigenvalue weighted by Gasteiger charge is 2.15. The first-order valence-corrected chi connectivity index (χ1v) is 12.6. The van der Waals surface area contributed by atoms with E-state index < -0.39 is 0 Å². The number of fused-ring (bicyclic) bond motifs is 1. The summed E-state index contributed by atoms with van der Waals surface area (Å²) in [4.78, 5) is 12.5. The number of amides is 1. The molecule has 4 aromatic rings. The van der Waals surface area contributed by atoms with E-state index in [-0.39, 0.29) is 18.3 Å². The molecule has 174 valence electrons.